The van der Waals surface area contributed by atoms with E-state index in [1.54, 1.807) is 36.4 Å². The van der Waals surface area contributed by atoms with Gasteiger partial charge in [-0.1, -0.05) is 66.2 Å². The van der Waals surface area contributed by atoms with Crippen molar-refractivity contribution < 1.29 is 29.6 Å². The molecule has 1 saturated heterocycles. The number of anilines is 1. The number of thioether (sulfide) groups is 1. The molecule has 224 valence electrons. The second kappa shape index (κ2) is 14.4. The maximum absolute atomic E-state index is 12.8. The number of halogens is 1. The minimum Gasteiger partial charge on any atom is -0.494 e. The predicted molar refractivity (Wildman–Crippen MR) is 169 cm³/mol. The molecule has 4 aromatic rings. The van der Waals surface area contributed by atoms with Crippen molar-refractivity contribution in [2.75, 3.05) is 17.7 Å². The van der Waals surface area contributed by atoms with Crippen LogP contribution in [-0.2, 0) is 11.2 Å². The third-order valence-corrected chi connectivity index (χ3v) is 8.84. The number of benzene rings is 4. The lowest BCUT2D eigenvalue weighted by Crippen LogP contribution is -2.54. The van der Waals surface area contributed by atoms with Gasteiger partial charge in [0.1, 0.15) is 30.2 Å². The zero-order chi connectivity index (χ0) is 30.3. The van der Waals surface area contributed by atoms with Crippen molar-refractivity contribution in [2.45, 2.75) is 48.8 Å². The van der Waals surface area contributed by atoms with Crippen LogP contribution in [0.3, 0.4) is 0 Å². The van der Waals surface area contributed by atoms with Crippen molar-refractivity contribution in [1.29, 1.82) is 0 Å². The lowest BCUT2D eigenvalue weighted by Gasteiger charge is -2.41. The molecule has 0 radical (unpaired) electrons. The molecule has 1 heterocycles. The maximum atomic E-state index is 12.8. The van der Waals surface area contributed by atoms with Gasteiger partial charge in [0.25, 0.3) is 5.91 Å². The topological polar surface area (TPSA) is 108 Å². The second-order valence-corrected chi connectivity index (χ2v) is 11.8. The van der Waals surface area contributed by atoms with Crippen LogP contribution < -0.4 is 10.1 Å². The quantitative estimate of drug-likeness (QED) is 0.164. The molecule has 43 heavy (non-hydrogen) atoms. The largest absolute Gasteiger partial charge is 0.494 e. The summed E-state index contributed by atoms with van der Waals surface area (Å²) in [5.74, 6) is 0.833. The number of hydrogen-bond donors (Lipinski definition) is 4. The fourth-order valence-electron chi connectivity index (χ4n) is 5.01. The summed E-state index contributed by atoms with van der Waals surface area (Å²) in [5, 5.41) is 36.0. The van der Waals surface area contributed by atoms with Crippen molar-refractivity contribution >= 4 is 35.0 Å². The van der Waals surface area contributed by atoms with Crippen LogP contribution in [0.15, 0.2) is 102 Å². The monoisotopic (exact) mass is 619 g/mol. The van der Waals surface area contributed by atoms with Crippen molar-refractivity contribution in [3.8, 4) is 5.75 Å². The van der Waals surface area contributed by atoms with Crippen molar-refractivity contribution in [3.63, 3.8) is 0 Å². The fraction of sp³-hybridized carbons (Fsp3) is 0.265. The van der Waals surface area contributed by atoms with Crippen molar-refractivity contribution in [1.82, 2.24) is 0 Å². The number of rotatable bonds is 10. The summed E-state index contributed by atoms with van der Waals surface area (Å²) in [6.07, 6.45) is -5.18. The van der Waals surface area contributed by atoms with Crippen molar-refractivity contribution in [2.24, 2.45) is 0 Å². The Bertz CT molecular complexity index is 1520. The van der Waals surface area contributed by atoms with Crippen LogP contribution in [0, 0.1) is 0 Å². The van der Waals surface area contributed by atoms with E-state index >= 15 is 0 Å². The first-order chi connectivity index (χ1) is 20.8. The molecular formula is C34H34ClNO6S. The van der Waals surface area contributed by atoms with Gasteiger partial charge in [-0.3, -0.25) is 4.79 Å². The Hall–Kier alpha value is -3.37. The van der Waals surface area contributed by atoms with Crippen LogP contribution >= 0.6 is 23.4 Å². The molecule has 0 bridgehead atoms. The summed E-state index contributed by atoms with van der Waals surface area (Å²) in [6, 6.07) is 29.5. The normalized spacial score (nSPS) is 21.7. The van der Waals surface area contributed by atoms with E-state index < -0.39 is 30.5 Å². The van der Waals surface area contributed by atoms with Crippen LogP contribution in [0.25, 0.3) is 0 Å². The zero-order valence-corrected chi connectivity index (χ0v) is 25.2. The highest BCUT2D eigenvalue weighted by Crippen LogP contribution is 2.37. The van der Waals surface area contributed by atoms with Gasteiger partial charge in [0.2, 0.25) is 0 Å². The van der Waals surface area contributed by atoms with E-state index in [4.69, 9.17) is 21.1 Å². The maximum Gasteiger partial charge on any atom is 0.255 e. The molecule has 0 aromatic heterocycles. The Morgan fingerprint density at radius 2 is 1.63 bits per heavy atom. The highest BCUT2D eigenvalue weighted by molar-refractivity contribution is 7.99. The predicted octanol–water partition coefficient (Wildman–Crippen LogP) is 5.90. The van der Waals surface area contributed by atoms with Crippen LogP contribution in [0.2, 0.25) is 5.02 Å². The first-order valence-electron chi connectivity index (χ1n) is 14.1. The Balaban J connectivity index is 1.30. The molecular weight excluding hydrogens is 586 g/mol. The number of aliphatic hydroxyl groups excluding tert-OH is 3. The van der Waals surface area contributed by atoms with E-state index in [2.05, 4.69) is 5.32 Å². The second-order valence-electron chi connectivity index (χ2n) is 10.3. The number of nitrogens with one attached hydrogen (secondary N) is 1. The summed E-state index contributed by atoms with van der Waals surface area (Å²) in [5.41, 5.74) is 3.69. The van der Waals surface area contributed by atoms with Gasteiger partial charge in [-0.05, 0) is 72.5 Å². The standard InChI is InChI=1S/C34H34ClNO6S/c1-2-41-25-15-12-21(13-16-25)18-24-19-23(14-17-26(24)35)33-32(39)31(38)30(37)28(42-33)20-43-29-11-7-6-10-27(29)36-34(40)22-8-4-3-5-9-22/h3-17,19,28,30-33,37-39H,2,18,20H2,1H3,(H,36,40)/t28-,30+,31-,32-,33+/m1/s1. The molecule has 1 aliphatic heterocycles. The lowest BCUT2D eigenvalue weighted by molar-refractivity contribution is -0.218. The minimum absolute atomic E-state index is 0.231. The number of ether oxygens (including phenoxy) is 2. The van der Waals surface area contributed by atoms with E-state index in [1.807, 2.05) is 67.6 Å². The first-order valence-corrected chi connectivity index (χ1v) is 15.5. The Kier molecular flexibility index (Phi) is 10.4. The molecule has 0 saturated carbocycles. The average molecular weight is 620 g/mol. The number of para-hydroxylation sites is 1. The third-order valence-electron chi connectivity index (χ3n) is 7.31. The van der Waals surface area contributed by atoms with Gasteiger partial charge in [-0.2, -0.15) is 0 Å². The summed E-state index contributed by atoms with van der Waals surface area (Å²) in [7, 11) is 0. The highest BCUT2D eigenvalue weighted by atomic mass is 35.5. The average Bonchev–Trinajstić information content (AvgIpc) is 3.03. The summed E-state index contributed by atoms with van der Waals surface area (Å²) >= 11 is 7.92. The van der Waals surface area contributed by atoms with E-state index in [0.29, 0.717) is 34.9 Å². The molecule has 0 aliphatic carbocycles. The van der Waals surface area contributed by atoms with E-state index in [1.165, 1.54) is 11.8 Å². The smallest absolute Gasteiger partial charge is 0.255 e. The molecule has 4 N–H and O–H groups in total. The van der Waals surface area contributed by atoms with Gasteiger partial charge in [-0.25, -0.2) is 0 Å². The number of amides is 1. The van der Waals surface area contributed by atoms with Gasteiger partial charge in [0.05, 0.1) is 18.4 Å². The first kappa shape index (κ1) is 31.1. The van der Waals surface area contributed by atoms with Gasteiger partial charge < -0.3 is 30.1 Å². The molecule has 0 spiro atoms. The van der Waals surface area contributed by atoms with Gasteiger partial charge in [-0.15, -0.1) is 11.8 Å². The number of carbonyl (C=O) groups excluding carboxylic acids is 1. The lowest BCUT2D eigenvalue weighted by atomic mass is 9.90. The SMILES string of the molecule is CCOc1ccc(Cc2cc([C@@H]3O[C@H](CSc4ccccc4NC(=O)c4ccccc4)[C@H](O)[C@@H](O)[C@H]3O)ccc2Cl)cc1. The Labute approximate surface area is 260 Å². The van der Waals surface area contributed by atoms with Crippen LogP contribution in [0.1, 0.15) is 40.1 Å². The van der Waals surface area contributed by atoms with E-state index in [0.717, 1.165) is 21.8 Å². The van der Waals surface area contributed by atoms with Crippen LogP contribution in [0.4, 0.5) is 5.69 Å². The van der Waals surface area contributed by atoms with Crippen molar-refractivity contribution in [3.05, 3.63) is 124 Å². The Morgan fingerprint density at radius 1 is 0.907 bits per heavy atom. The number of aliphatic hydroxyl groups is 3. The molecule has 4 aromatic carbocycles. The molecule has 1 fully saturated rings. The molecule has 7 nitrogen and oxygen atoms in total. The third kappa shape index (κ3) is 7.59. The summed E-state index contributed by atoms with van der Waals surface area (Å²) in [4.78, 5) is 13.5. The van der Waals surface area contributed by atoms with Crippen LogP contribution in [-0.4, -0.2) is 58.0 Å². The molecule has 0 unspecified atom stereocenters. The van der Waals surface area contributed by atoms with E-state index in [9.17, 15) is 20.1 Å². The highest BCUT2D eigenvalue weighted by Gasteiger charge is 2.44. The number of hydrogen-bond acceptors (Lipinski definition) is 7. The summed E-state index contributed by atoms with van der Waals surface area (Å²) in [6.45, 7) is 2.53. The van der Waals surface area contributed by atoms with Gasteiger partial charge in [0, 0.05) is 21.2 Å². The van der Waals surface area contributed by atoms with Gasteiger partial charge in [0.15, 0.2) is 0 Å². The zero-order valence-electron chi connectivity index (χ0n) is 23.6. The fourth-order valence-corrected chi connectivity index (χ4v) is 6.27. The molecule has 1 aliphatic rings. The molecule has 1 amide bonds. The Morgan fingerprint density at radius 3 is 2.37 bits per heavy atom. The van der Waals surface area contributed by atoms with E-state index in [-0.39, 0.29) is 11.7 Å². The van der Waals surface area contributed by atoms with Gasteiger partial charge >= 0.3 is 0 Å². The molecule has 5 atom stereocenters. The minimum atomic E-state index is -1.41. The molecule has 9 heteroatoms. The van der Waals surface area contributed by atoms with Crippen LogP contribution in [0.5, 0.6) is 5.75 Å². The summed E-state index contributed by atoms with van der Waals surface area (Å²) < 4.78 is 11.8. The number of carbonyl (C=O) groups is 1. The molecule has 5 rings (SSSR count).